The molecule has 0 bridgehead atoms. The van der Waals surface area contributed by atoms with Gasteiger partial charge in [-0.1, -0.05) is 18.2 Å². The van der Waals surface area contributed by atoms with Crippen molar-refractivity contribution >= 4 is 11.9 Å². The van der Waals surface area contributed by atoms with E-state index in [1.165, 1.54) is 4.90 Å². The number of hydrogen-bond acceptors (Lipinski definition) is 4. The molecule has 2 aromatic rings. The lowest BCUT2D eigenvalue weighted by molar-refractivity contribution is -0.162. The third-order valence-corrected chi connectivity index (χ3v) is 4.10. The highest BCUT2D eigenvalue weighted by molar-refractivity contribution is 5.92. The second-order valence-corrected chi connectivity index (χ2v) is 5.61. The van der Waals surface area contributed by atoms with E-state index in [1.807, 2.05) is 30.3 Å². The summed E-state index contributed by atoms with van der Waals surface area (Å²) in [5, 5.41) is 23.2. The second kappa shape index (κ2) is 5.85. The molecule has 1 amide bonds. The molecule has 2 heterocycles. The van der Waals surface area contributed by atoms with Gasteiger partial charge < -0.3 is 15.1 Å². The van der Waals surface area contributed by atoms with Crippen LogP contribution in [0.1, 0.15) is 23.3 Å². The van der Waals surface area contributed by atoms with Crippen molar-refractivity contribution in [2.24, 2.45) is 0 Å². The van der Waals surface area contributed by atoms with E-state index < -0.39 is 11.6 Å². The Morgan fingerprint density at radius 1 is 1.09 bits per heavy atom. The number of carboxylic acid groups (broad SMARTS) is 1. The number of carboxylic acids is 1. The smallest absolute Gasteiger partial charge is 0.335 e. The Morgan fingerprint density at radius 2 is 1.74 bits per heavy atom. The Balaban J connectivity index is 1.70. The zero-order chi connectivity index (χ0) is 16.4. The highest BCUT2D eigenvalue weighted by Crippen LogP contribution is 2.23. The van der Waals surface area contributed by atoms with Crippen LogP contribution in [0.25, 0.3) is 5.69 Å². The van der Waals surface area contributed by atoms with Gasteiger partial charge in [0.15, 0.2) is 11.3 Å². The Labute approximate surface area is 132 Å². The first-order valence-corrected chi connectivity index (χ1v) is 7.36. The zero-order valence-corrected chi connectivity index (χ0v) is 12.4. The quantitative estimate of drug-likeness (QED) is 0.878. The maximum atomic E-state index is 12.4. The molecule has 0 spiro atoms. The average molecular weight is 315 g/mol. The van der Waals surface area contributed by atoms with E-state index in [1.54, 1.807) is 16.9 Å². The van der Waals surface area contributed by atoms with E-state index in [9.17, 15) is 14.7 Å². The van der Waals surface area contributed by atoms with Gasteiger partial charge in [-0.15, -0.1) is 0 Å². The van der Waals surface area contributed by atoms with Crippen LogP contribution in [0, 0.1) is 0 Å². The predicted molar refractivity (Wildman–Crippen MR) is 81.3 cm³/mol. The summed E-state index contributed by atoms with van der Waals surface area (Å²) in [5.74, 6) is -1.50. The molecule has 7 heteroatoms. The lowest BCUT2D eigenvalue weighted by atomic mass is 9.91. The number of likely N-dealkylation sites (tertiary alicyclic amines) is 1. The van der Waals surface area contributed by atoms with Crippen LogP contribution < -0.4 is 0 Å². The molecule has 0 saturated carbocycles. The fraction of sp³-hybridized carbons (Fsp3) is 0.312. The van der Waals surface area contributed by atoms with Crippen LogP contribution in [-0.4, -0.2) is 55.5 Å². The first kappa shape index (κ1) is 15.2. The van der Waals surface area contributed by atoms with Crippen molar-refractivity contribution in [2.75, 3.05) is 13.1 Å². The summed E-state index contributed by atoms with van der Waals surface area (Å²) < 4.78 is 1.62. The van der Waals surface area contributed by atoms with Crippen molar-refractivity contribution in [2.45, 2.75) is 18.4 Å². The standard InChI is InChI=1S/C16H17N3O4/c20-14(18-10-7-16(23,8-11-18)15(21)22)13-6-9-19(17-13)12-4-2-1-3-5-12/h1-6,9,23H,7-8,10-11H2,(H,21,22). The van der Waals surface area contributed by atoms with Gasteiger partial charge in [-0.2, -0.15) is 5.10 Å². The number of para-hydroxylation sites is 1. The molecule has 1 fully saturated rings. The van der Waals surface area contributed by atoms with Crippen molar-refractivity contribution < 1.29 is 19.8 Å². The van der Waals surface area contributed by atoms with Gasteiger partial charge in [0.25, 0.3) is 5.91 Å². The summed E-state index contributed by atoms with van der Waals surface area (Å²) in [6.07, 6.45) is 1.75. The van der Waals surface area contributed by atoms with E-state index in [-0.39, 0.29) is 31.8 Å². The maximum absolute atomic E-state index is 12.4. The van der Waals surface area contributed by atoms with Crippen molar-refractivity contribution in [1.82, 2.24) is 14.7 Å². The SMILES string of the molecule is O=C(c1ccn(-c2ccccc2)n1)N1CCC(O)(C(=O)O)CC1. The van der Waals surface area contributed by atoms with Gasteiger partial charge in [0.05, 0.1) is 5.69 Å². The Kier molecular flexibility index (Phi) is 3.87. The number of nitrogens with zero attached hydrogens (tertiary/aromatic N) is 3. The monoisotopic (exact) mass is 315 g/mol. The van der Waals surface area contributed by atoms with Gasteiger partial charge in [0, 0.05) is 32.1 Å². The summed E-state index contributed by atoms with van der Waals surface area (Å²) in [6.45, 7) is 0.389. The molecule has 3 rings (SSSR count). The van der Waals surface area contributed by atoms with Gasteiger partial charge in [0.1, 0.15) is 0 Å². The molecule has 1 aromatic heterocycles. The summed E-state index contributed by atoms with van der Waals surface area (Å²) >= 11 is 0. The number of amides is 1. The predicted octanol–water partition coefficient (Wildman–Crippen LogP) is 0.924. The van der Waals surface area contributed by atoms with Gasteiger partial charge in [-0.05, 0) is 18.2 Å². The minimum Gasteiger partial charge on any atom is -0.479 e. The number of benzene rings is 1. The molecule has 0 aliphatic carbocycles. The van der Waals surface area contributed by atoms with Crippen LogP contribution in [0.4, 0.5) is 0 Å². The zero-order valence-electron chi connectivity index (χ0n) is 12.4. The van der Waals surface area contributed by atoms with Crippen LogP contribution in [0.2, 0.25) is 0 Å². The summed E-state index contributed by atoms with van der Waals surface area (Å²) in [4.78, 5) is 25.0. The lowest BCUT2D eigenvalue weighted by Crippen LogP contribution is -2.50. The number of aliphatic carboxylic acids is 1. The summed E-state index contributed by atoms with van der Waals surface area (Å²) in [6, 6.07) is 11.1. The van der Waals surface area contributed by atoms with Gasteiger partial charge >= 0.3 is 5.97 Å². The molecule has 1 aliphatic heterocycles. The first-order valence-electron chi connectivity index (χ1n) is 7.36. The minimum absolute atomic E-state index is 0.0213. The van der Waals surface area contributed by atoms with Crippen molar-refractivity contribution in [3.63, 3.8) is 0 Å². The molecule has 23 heavy (non-hydrogen) atoms. The van der Waals surface area contributed by atoms with E-state index >= 15 is 0 Å². The fourth-order valence-corrected chi connectivity index (χ4v) is 2.62. The van der Waals surface area contributed by atoms with Crippen LogP contribution in [0.5, 0.6) is 0 Å². The van der Waals surface area contributed by atoms with Gasteiger partial charge in [-0.25, -0.2) is 9.48 Å². The molecule has 0 atom stereocenters. The maximum Gasteiger partial charge on any atom is 0.335 e. The van der Waals surface area contributed by atoms with Crippen LogP contribution in [0.3, 0.4) is 0 Å². The average Bonchev–Trinajstić information content (AvgIpc) is 3.05. The molecule has 0 radical (unpaired) electrons. The highest BCUT2D eigenvalue weighted by Gasteiger charge is 2.40. The Morgan fingerprint density at radius 3 is 2.35 bits per heavy atom. The normalized spacial score (nSPS) is 17.0. The number of aliphatic hydroxyl groups is 1. The van der Waals surface area contributed by atoms with E-state index in [0.29, 0.717) is 5.69 Å². The van der Waals surface area contributed by atoms with E-state index in [4.69, 9.17) is 5.11 Å². The van der Waals surface area contributed by atoms with E-state index in [2.05, 4.69) is 5.10 Å². The molecule has 2 N–H and O–H groups in total. The van der Waals surface area contributed by atoms with Crippen LogP contribution in [-0.2, 0) is 4.79 Å². The van der Waals surface area contributed by atoms with Crippen molar-refractivity contribution in [1.29, 1.82) is 0 Å². The third kappa shape index (κ3) is 2.95. The Bertz CT molecular complexity index is 718. The summed E-state index contributed by atoms with van der Waals surface area (Å²) in [7, 11) is 0. The summed E-state index contributed by atoms with van der Waals surface area (Å²) in [5.41, 5.74) is -0.583. The number of carbonyl (C=O) groups is 2. The minimum atomic E-state index is -1.74. The topological polar surface area (TPSA) is 95.7 Å². The van der Waals surface area contributed by atoms with Crippen LogP contribution >= 0.6 is 0 Å². The number of carbonyl (C=O) groups excluding carboxylic acids is 1. The second-order valence-electron chi connectivity index (χ2n) is 5.61. The van der Waals surface area contributed by atoms with Gasteiger partial charge in [0.2, 0.25) is 0 Å². The largest absolute Gasteiger partial charge is 0.479 e. The van der Waals surface area contributed by atoms with Crippen molar-refractivity contribution in [3.8, 4) is 5.69 Å². The fourth-order valence-electron chi connectivity index (χ4n) is 2.62. The third-order valence-electron chi connectivity index (χ3n) is 4.10. The molecule has 7 nitrogen and oxygen atoms in total. The van der Waals surface area contributed by atoms with E-state index in [0.717, 1.165) is 5.69 Å². The highest BCUT2D eigenvalue weighted by atomic mass is 16.4. The molecule has 120 valence electrons. The first-order chi connectivity index (χ1) is 11.0. The number of rotatable bonds is 3. The number of piperidine rings is 1. The molecular formula is C16H17N3O4. The van der Waals surface area contributed by atoms with Gasteiger partial charge in [-0.3, -0.25) is 4.79 Å². The molecule has 1 aliphatic rings. The molecule has 1 aromatic carbocycles. The molecule has 0 unspecified atom stereocenters. The molecular weight excluding hydrogens is 298 g/mol. The number of hydrogen-bond donors (Lipinski definition) is 2. The Hall–Kier alpha value is -2.67. The number of aromatic nitrogens is 2. The van der Waals surface area contributed by atoms with Crippen molar-refractivity contribution in [3.05, 3.63) is 48.3 Å². The van der Waals surface area contributed by atoms with Crippen LogP contribution in [0.15, 0.2) is 42.6 Å². The lowest BCUT2D eigenvalue weighted by Gasteiger charge is -2.34. The molecule has 1 saturated heterocycles.